The number of benzene rings is 1. The van der Waals surface area contributed by atoms with Crippen LogP contribution in [0.25, 0.3) is 0 Å². The number of rotatable bonds is 4. The minimum atomic E-state index is -0.574. The molecule has 0 aliphatic heterocycles. The van der Waals surface area contributed by atoms with Crippen molar-refractivity contribution >= 4 is 11.6 Å². The summed E-state index contributed by atoms with van der Waals surface area (Å²) in [5.74, 6) is -0.0956. The monoisotopic (exact) mass is 293 g/mol. The maximum atomic E-state index is 13.6. The fraction of sp³-hybridized carbons (Fsp3) is 0.312. The standard InChI is InChI=1S/C16H17ClFNO/c1-4-16(2,3)11-5-7-13(8-6-11)20-15-14(18)9-12(17)10-19-15/h5-10H,4H2,1-3H3. The predicted molar refractivity (Wildman–Crippen MR) is 79.0 cm³/mol. The van der Waals surface area contributed by atoms with E-state index in [2.05, 4.69) is 25.8 Å². The molecule has 2 aromatic rings. The first-order chi connectivity index (χ1) is 9.42. The summed E-state index contributed by atoms with van der Waals surface area (Å²) in [5.41, 5.74) is 1.33. The van der Waals surface area contributed by atoms with Gasteiger partial charge in [-0.1, -0.05) is 44.5 Å². The maximum absolute atomic E-state index is 13.6. The van der Waals surface area contributed by atoms with E-state index in [1.165, 1.54) is 17.8 Å². The topological polar surface area (TPSA) is 22.1 Å². The van der Waals surface area contributed by atoms with Crippen molar-refractivity contribution in [3.8, 4) is 11.6 Å². The number of hydrogen-bond donors (Lipinski definition) is 0. The van der Waals surface area contributed by atoms with Gasteiger partial charge in [-0.3, -0.25) is 0 Å². The fourth-order valence-corrected chi connectivity index (χ4v) is 1.91. The number of ether oxygens (including phenoxy) is 1. The lowest BCUT2D eigenvalue weighted by Gasteiger charge is -2.23. The van der Waals surface area contributed by atoms with Gasteiger partial charge in [-0.05, 0) is 35.6 Å². The first kappa shape index (κ1) is 14.8. The fourth-order valence-electron chi connectivity index (χ4n) is 1.77. The van der Waals surface area contributed by atoms with Crippen LogP contribution in [-0.4, -0.2) is 4.98 Å². The summed E-state index contributed by atoms with van der Waals surface area (Å²) in [7, 11) is 0. The maximum Gasteiger partial charge on any atom is 0.255 e. The number of nitrogens with zero attached hydrogens (tertiary/aromatic N) is 1. The molecule has 2 nitrogen and oxygen atoms in total. The second kappa shape index (κ2) is 5.80. The Kier molecular flexibility index (Phi) is 4.29. The van der Waals surface area contributed by atoms with Crippen molar-refractivity contribution in [3.63, 3.8) is 0 Å². The van der Waals surface area contributed by atoms with Gasteiger partial charge in [0.1, 0.15) is 5.75 Å². The zero-order valence-corrected chi connectivity index (χ0v) is 12.5. The van der Waals surface area contributed by atoms with Gasteiger partial charge in [0, 0.05) is 6.20 Å². The van der Waals surface area contributed by atoms with Gasteiger partial charge in [0.25, 0.3) is 5.88 Å². The number of halogens is 2. The van der Waals surface area contributed by atoms with Crippen LogP contribution in [0.3, 0.4) is 0 Å². The second-order valence-electron chi connectivity index (χ2n) is 5.30. The third-order valence-electron chi connectivity index (χ3n) is 3.51. The summed E-state index contributed by atoms with van der Waals surface area (Å²) in [6.07, 6.45) is 2.40. The molecule has 106 valence electrons. The smallest absolute Gasteiger partial charge is 0.255 e. The molecule has 0 amide bonds. The Labute approximate surface area is 123 Å². The first-order valence-electron chi connectivity index (χ1n) is 6.52. The van der Waals surface area contributed by atoms with Crippen molar-refractivity contribution in [2.75, 3.05) is 0 Å². The van der Waals surface area contributed by atoms with Gasteiger partial charge in [-0.15, -0.1) is 0 Å². The lowest BCUT2D eigenvalue weighted by molar-refractivity contribution is 0.422. The van der Waals surface area contributed by atoms with Crippen molar-refractivity contribution in [2.45, 2.75) is 32.6 Å². The molecule has 20 heavy (non-hydrogen) atoms. The van der Waals surface area contributed by atoms with Crippen LogP contribution in [-0.2, 0) is 5.41 Å². The summed E-state index contributed by atoms with van der Waals surface area (Å²) in [6, 6.07) is 8.81. The average molecular weight is 294 g/mol. The van der Waals surface area contributed by atoms with Crippen molar-refractivity contribution in [1.82, 2.24) is 4.98 Å². The largest absolute Gasteiger partial charge is 0.436 e. The van der Waals surface area contributed by atoms with E-state index >= 15 is 0 Å². The zero-order valence-electron chi connectivity index (χ0n) is 11.8. The Bertz CT molecular complexity index is 596. The van der Waals surface area contributed by atoms with Gasteiger partial charge in [0.2, 0.25) is 0 Å². The van der Waals surface area contributed by atoms with E-state index in [0.29, 0.717) is 5.75 Å². The Morgan fingerprint density at radius 1 is 1.25 bits per heavy atom. The Morgan fingerprint density at radius 2 is 1.90 bits per heavy atom. The molecule has 0 saturated heterocycles. The molecule has 0 bridgehead atoms. The predicted octanol–water partition coefficient (Wildman–Crippen LogP) is 5.35. The highest BCUT2D eigenvalue weighted by molar-refractivity contribution is 6.30. The van der Waals surface area contributed by atoms with Gasteiger partial charge in [0.15, 0.2) is 5.82 Å². The average Bonchev–Trinajstić information content (AvgIpc) is 2.42. The van der Waals surface area contributed by atoms with E-state index in [0.717, 1.165) is 6.42 Å². The van der Waals surface area contributed by atoms with Crippen LogP contribution >= 0.6 is 11.6 Å². The molecule has 2 rings (SSSR count). The van der Waals surface area contributed by atoms with E-state index in [1.807, 2.05) is 24.3 Å². The SMILES string of the molecule is CCC(C)(C)c1ccc(Oc2ncc(Cl)cc2F)cc1. The molecular weight excluding hydrogens is 277 g/mol. The molecule has 4 heteroatoms. The number of aromatic nitrogens is 1. The summed E-state index contributed by atoms with van der Waals surface area (Å²) in [6.45, 7) is 6.52. The molecule has 0 unspecified atom stereocenters. The quantitative estimate of drug-likeness (QED) is 0.757. The van der Waals surface area contributed by atoms with E-state index < -0.39 is 5.82 Å². The zero-order chi connectivity index (χ0) is 14.8. The lowest BCUT2D eigenvalue weighted by Crippen LogP contribution is -2.14. The molecule has 1 aromatic carbocycles. The summed E-state index contributed by atoms with van der Waals surface area (Å²) < 4.78 is 19.0. The third kappa shape index (κ3) is 3.28. The number of pyridine rings is 1. The summed E-state index contributed by atoms with van der Waals surface area (Å²) >= 11 is 5.65. The van der Waals surface area contributed by atoms with Crippen LogP contribution in [0.4, 0.5) is 4.39 Å². The van der Waals surface area contributed by atoms with Crippen LogP contribution in [0.5, 0.6) is 11.6 Å². The van der Waals surface area contributed by atoms with Crippen molar-refractivity contribution in [1.29, 1.82) is 0 Å². The van der Waals surface area contributed by atoms with E-state index in [4.69, 9.17) is 16.3 Å². The van der Waals surface area contributed by atoms with Crippen LogP contribution < -0.4 is 4.74 Å². The van der Waals surface area contributed by atoms with E-state index in [-0.39, 0.29) is 16.3 Å². The van der Waals surface area contributed by atoms with Crippen molar-refractivity contribution in [2.24, 2.45) is 0 Å². The van der Waals surface area contributed by atoms with Crippen molar-refractivity contribution < 1.29 is 9.13 Å². The Morgan fingerprint density at radius 3 is 2.45 bits per heavy atom. The highest BCUT2D eigenvalue weighted by atomic mass is 35.5. The van der Waals surface area contributed by atoms with Crippen molar-refractivity contribution in [3.05, 3.63) is 52.9 Å². The normalized spacial score (nSPS) is 11.4. The van der Waals surface area contributed by atoms with Crippen LogP contribution in [0.15, 0.2) is 36.5 Å². The van der Waals surface area contributed by atoms with Gasteiger partial charge in [0.05, 0.1) is 5.02 Å². The first-order valence-corrected chi connectivity index (χ1v) is 6.89. The molecule has 0 spiro atoms. The lowest BCUT2D eigenvalue weighted by atomic mass is 9.82. The molecule has 0 radical (unpaired) electrons. The van der Waals surface area contributed by atoms with E-state index in [9.17, 15) is 4.39 Å². The molecule has 1 heterocycles. The van der Waals surface area contributed by atoms with E-state index in [1.54, 1.807) is 0 Å². The molecule has 0 atom stereocenters. The van der Waals surface area contributed by atoms with Gasteiger partial charge < -0.3 is 4.74 Å². The summed E-state index contributed by atoms with van der Waals surface area (Å²) in [5, 5.41) is 0.245. The Hall–Kier alpha value is -1.61. The van der Waals surface area contributed by atoms with Gasteiger partial charge in [-0.2, -0.15) is 0 Å². The van der Waals surface area contributed by atoms with Crippen LogP contribution in [0.2, 0.25) is 5.02 Å². The molecule has 0 aliphatic rings. The molecular formula is C16H17ClFNO. The molecule has 0 aliphatic carbocycles. The van der Waals surface area contributed by atoms with Crippen LogP contribution in [0.1, 0.15) is 32.8 Å². The van der Waals surface area contributed by atoms with Crippen LogP contribution in [0, 0.1) is 5.82 Å². The molecule has 0 N–H and O–H groups in total. The molecule has 0 saturated carbocycles. The highest BCUT2D eigenvalue weighted by Gasteiger charge is 2.17. The third-order valence-corrected chi connectivity index (χ3v) is 3.71. The summed E-state index contributed by atoms with van der Waals surface area (Å²) in [4.78, 5) is 3.83. The van der Waals surface area contributed by atoms with Gasteiger partial charge in [-0.25, -0.2) is 9.37 Å². The number of hydrogen-bond acceptors (Lipinski definition) is 2. The molecule has 1 aromatic heterocycles. The highest BCUT2D eigenvalue weighted by Crippen LogP contribution is 2.30. The second-order valence-corrected chi connectivity index (χ2v) is 5.74. The van der Waals surface area contributed by atoms with Gasteiger partial charge >= 0.3 is 0 Å². The minimum absolute atomic E-state index is 0.0723. The Balaban J connectivity index is 2.19. The molecule has 0 fully saturated rings. The minimum Gasteiger partial charge on any atom is -0.436 e.